The van der Waals surface area contributed by atoms with Crippen molar-refractivity contribution in [1.82, 2.24) is 28.6 Å². The lowest BCUT2D eigenvalue weighted by Gasteiger charge is -2.47. The molecule has 0 spiro atoms. The zero-order valence-corrected chi connectivity index (χ0v) is 25.0. The predicted octanol–water partition coefficient (Wildman–Crippen LogP) is 4.01. The van der Waals surface area contributed by atoms with Gasteiger partial charge in [-0.3, -0.25) is 4.68 Å². The fraction of sp³-hybridized carbons (Fsp3) is 0.433. The summed E-state index contributed by atoms with van der Waals surface area (Å²) in [5.74, 6) is -0.503. The molecule has 0 amide bonds. The van der Waals surface area contributed by atoms with Crippen LogP contribution in [0.2, 0.25) is 0 Å². The van der Waals surface area contributed by atoms with Crippen LogP contribution in [0.3, 0.4) is 0 Å². The van der Waals surface area contributed by atoms with Crippen molar-refractivity contribution in [2.75, 3.05) is 18.8 Å². The average Bonchev–Trinajstić information content (AvgIpc) is 3.60. The molecule has 1 aromatic carbocycles. The summed E-state index contributed by atoms with van der Waals surface area (Å²) in [7, 11) is -3.37. The Kier molecular flexibility index (Phi) is 7.68. The van der Waals surface area contributed by atoms with Gasteiger partial charge >= 0.3 is 5.97 Å². The maximum Gasteiger partial charge on any atom is 0.334 e. The Morgan fingerprint density at radius 1 is 1.17 bits per heavy atom. The summed E-state index contributed by atoms with van der Waals surface area (Å²) in [5.41, 5.74) is 1.35. The highest BCUT2D eigenvalue weighted by atomic mass is 32.2. The number of aliphatic carboxylic acids is 1. The minimum absolute atomic E-state index is 0.00637. The van der Waals surface area contributed by atoms with Crippen LogP contribution in [-0.2, 0) is 32.3 Å². The van der Waals surface area contributed by atoms with Crippen LogP contribution in [0, 0.1) is 17.2 Å². The van der Waals surface area contributed by atoms with Crippen LogP contribution in [-0.4, -0.2) is 67.0 Å². The first-order chi connectivity index (χ1) is 20.0. The number of carbonyl (C=O) groups is 1. The van der Waals surface area contributed by atoms with Crippen LogP contribution in [0.15, 0.2) is 55.2 Å². The summed E-state index contributed by atoms with van der Waals surface area (Å²) in [5, 5.41) is 25.3. The van der Waals surface area contributed by atoms with Gasteiger partial charge in [0.1, 0.15) is 17.5 Å². The minimum Gasteiger partial charge on any atom is -0.479 e. The zero-order chi connectivity index (χ0) is 30.3. The number of nitrogens with zero attached hydrogens (tertiary/aromatic N) is 7. The Balaban J connectivity index is 1.55. The first-order valence-corrected chi connectivity index (χ1v) is 15.7. The van der Waals surface area contributed by atoms with E-state index >= 15 is 0 Å². The lowest BCUT2D eigenvalue weighted by atomic mass is 9.85. The molecule has 0 unspecified atom stereocenters. The van der Waals surface area contributed by atoms with Crippen LogP contribution in [0.25, 0.3) is 22.3 Å². The van der Waals surface area contributed by atoms with E-state index in [9.17, 15) is 23.6 Å². The number of hydrogen-bond acceptors (Lipinski definition) is 7. The molecule has 0 aliphatic carbocycles. The second kappa shape index (κ2) is 11.0. The first kappa shape index (κ1) is 29.4. The average molecular weight is 590 g/mol. The van der Waals surface area contributed by atoms with Crippen LogP contribution >= 0.6 is 0 Å². The zero-order valence-electron chi connectivity index (χ0n) is 24.2. The predicted molar refractivity (Wildman–Crippen MR) is 158 cm³/mol. The fourth-order valence-corrected chi connectivity index (χ4v) is 7.19. The number of aromatic nitrogens is 5. The standard InChI is InChI=1S/C30H35N7O4S/c1-5-30(28(38)39,24-9-7-22(8-10-24)15-21(3)4)36-14-11-25-26(32-20-33-27(25)36)23-16-34-37(17-23)29(12-13-31)18-35(19-29)42(40,41)6-2/h7-11,14,16-17,20-21H,5-6,12,15,18-19H2,1-4H3,(H,38,39)/t30-/m0/s1. The van der Waals surface area contributed by atoms with E-state index in [4.69, 9.17) is 0 Å². The topological polar surface area (TPSA) is 147 Å². The molecule has 0 radical (unpaired) electrons. The van der Waals surface area contributed by atoms with E-state index in [0.717, 1.165) is 12.0 Å². The van der Waals surface area contributed by atoms with Crippen molar-refractivity contribution in [2.24, 2.45) is 5.92 Å². The van der Waals surface area contributed by atoms with E-state index < -0.39 is 27.1 Å². The van der Waals surface area contributed by atoms with Crippen LogP contribution < -0.4 is 0 Å². The van der Waals surface area contributed by atoms with Crippen molar-refractivity contribution in [3.05, 3.63) is 66.4 Å². The van der Waals surface area contributed by atoms with Crippen molar-refractivity contribution in [1.29, 1.82) is 5.26 Å². The quantitative estimate of drug-likeness (QED) is 0.276. The van der Waals surface area contributed by atoms with Crippen LogP contribution in [0.5, 0.6) is 0 Å². The SMILES string of the molecule is CC[C@@](C(=O)O)(c1ccc(CC(C)C)cc1)n1ccc2c(-c3cnn(C4(CC#N)CN(S(=O)(=O)CC)C4)c3)ncnc21. The van der Waals surface area contributed by atoms with Gasteiger partial charge in [0.2, 0.25) is 10.0 Å². The highest BCUT2D eigenvalue weighted by Crippen LogP contribution is 2.38. The first-order valence-electron chi connectivity index (χ1n) is 14.1. The molecule has 3 aromatic heterocycles. The second-order valence-corrected chi connectivity index (χ2v) is 13.6. The number of benzene rings is 1. The maximum atomic E-state index is 13.0. The molecule has 0 bridgehead atoms. The number of carboxylic acids is 1. The summed E-state index contributed by atoms with van der Waals surface area (Å²) in [6, 6.07) is 11.8. The summed E-state index contributed by atoms with van der Waals surface area (Å²) < 4.78 is 29.4. The van der Waals surface area contributed by atoms with Crippen molar-refractivity contribution in [2.45, 2.75) is 58.0 Å². The molecular weight excluding hydrogens is 554 g/mol. The third kappa shape index (κ3) is 4.76. The monoisotopic (exact) mass is 589 g/mol. The fourth-order valence-electron chi connectivity index (χ4n) is 5.95. The van der Waals surface area contributed by atoms with Gasteiger partial charge in [0.25, 0.3) is 0 Å². The van der Waals surface area contributed by atoms with Crippen molar-refractivity contribution < 1.29 is 18.3 Å². The maximum absolute atomic E-state index is 13.0. The Bertz CT molecular complexity index is 1760. The summed E-state index contributed by atoms with van der Waals surface area (Å²) in [6.45, 7) is 8.08. The van der Waals surface area contributed by atoms with E-state index in [1.807, 2.05) is 37.3 Å². The molecule has 1 saturated heterocycles. The van der Waals surface area contributed by atoms with Crippen LogP contribution in [0.1, 0.15) is 51.7 Å². The number of hydrogen-bond donors (Lipinski definition) is 1. The molecule has 12 heteroatoms. The Labute approximate surface area is 245 Å². The minimum atomic E-state index is -3.37. The molecule has 4 aromatic rings. The normalized spacial score (nSPS) is 16.7. The second-order valence-electron chi connectivity index (χ2n) is 11.4. The van der Waals surface area contributed by atoms with E-state index in [1.54, 1.807) is 34.8 Å². The Morgan fingerprint density at radius 2 is 1.88 bits per heavy atom. The van der Waals surface area contributed by atoms with E-state index in [-0.39, 0.29) is 25.3 Å². The smallest absolute Gasteiger partial charge is 0.334 e. The van der Waals surface area contributed by atoms with Gasteiger partial charge in [0.15, 0.2) is 5.54 Å². The molecule has 1 aliphatic rings. The molecule has 1 atom stereocenters. The molecule has 4 heterocycles. The van der Waals surface area contributed by atoms with Crippen molar-refractivity contribution in [3.8, 4) is 17.3 Å². The van der Waals surface area contributed by atoms with Gasteiger partial charge in [-0.25, -0.2) is 23.2 Å². The summed E-state index contributed by atoms with van der Waals surface area (Å²) >= 11 is 0. The molecular formula is C30H35N7O4S. The third-order valence-electron chi connectivity index (χ3n) is 8.28. The third-order valence-corrected chi connectivity index (χ3v) is 10.1. The number of fused-ring (bicyclic) bond motifs is 1. The number of rotatable bonds is 11. The van der Waals surface area contributed by atoms with E-state index in [2.05, 4.69) is 35.0 Å². The Hall–Kier alpha value is -4.08. The van der Waals surface area contributed by atoms with Gasteiger partial charge in [-0.1, -0.05) is 45.0 Å². The van der Waals surface area contributed by atoms with Crippen molar-refractivity contribution in [3.63, 3.8) is 0 Å². The number of carboxylic acid groups (broad SMARTS) is 1. The summed E-state index contributed by atoms with van der Waals surface area (Å²) in [6.07, 6.45) is 7.85. The molecule has 1 aliphatic heterocycles. The van der Waals surface area contributed by atoms with Crippen LogP contribution in [0.4, 0.5) is 0 Å². The molecule has 220 valence electrons. The van der Waals surface area contributed by atoms with Crippen molar-refractivity contribution >= 4 is 27.0 Å². The Morgan fingerprint density at radius 3 is 2.48 bits per heavy atom. The molecule has 42 heavy (non-hydrogen) atoms. The number of sulfonamides is 1. The van der Waals surface area contributed by atoms with Gasteiger partial charge in [-0.15, -0.1) is 0 Å². The van der Waals surface area contributed by atoms with E-state index in [0.29, 0.717) is 40.2 Å². The van der Waals surface area contributed by atoms with Gasteiger partial charge in [0.05, 0.1) is 30.1 Å². The lowest BCUT2D eigenvalue weighted by molar-refractivity contribution is -0.145. The largest absolute Gasteiger partial charge is 0.479 e. The van der Waals surface area contributed by atoms with Gasteiger partial charge in [-0.05, 0) is 42.9 Å². The van der Waals surface area contributed by atoms with Gasteiger partial charge in [0, 0.05) is 36.4 Å². The number of nitriles is 1. The molecule has 1 fully saturated rings. The highest BCUT2D eigenvalue weighted by Gasteiger charge is 2.50. The highest BCUT2D eigenvalue weighted by molar-refractivity contribution is 7.89. The van der Waals surface area contributed by atoms with Gasteiger partial charge in [-0.2, -0.15) is 14.7 Å². The molecule has 11 nitrogen and oxygen atoms in total. The van der Waals surface area contributed by atoms with E-state index in [1.165, 1.54) is 10.6 Å². The molecule has 5 rings (SSSR count). The molecule has 1 N–H and O–H groups in total. The summed E-state index contributed by atoms with van der Waals surface area (Å²) in [4.78, 5) is 22.0. The van der Waals surface area contributed by atoms with Gasteiger partial charge < -0.3 is 9.67 Å². The molecule has 0 saturated carbocycles. The lowest BCUT2D eigenvalue weighted by Crippen LogP contribution is -2.64.